The highest BCUT2D eigenvalue weighted by atomic mass is 16.5. The lowest BCUT2D eigenvalue weighted by Crippen LogP contribution is -2.24. The summed E-state index contributed by atoms with van der Waals surface area (Å²) in [5.41, 5.74) is 4.67. The maximum Gasteiger partial charge on any atom is 0.228 e. The number of fused-ring (bicyclic) bond motifs is 1. The molecule has 0 fully saturated rings. The van der Waals surface area contributed by atoms with Crippen LogP contribution in [0.25, 0.3) is 16.9 Å². The number of carbonyl (C=O) groups is 1. The van der Waals surface area contributed by atoms with Crippen molar-refractivity contribution in [3.8, 4) is 17.0 Å². The molecule has 0 unspecified atom stereocenters. The van der Waals surface area contributed by atoms with Gasteiger partial charge in [-0.3, -0.25) is 4.79 Å². The first-order valence-electron chi connectivity index (χ1n) is 7.81. The third kappa shape index (κ3) is 2.97. The molecular formula is C19H21N3O2. The molecule has 1 amide bonds. The van der Waals surface area contributed by atoms with Gasteiger partial charge >= 0.3 is 0 Å². The normalized spacial score (nSPS) is 10.8. The van der Waals surface area contributed by atoms with Crippen LogP contribution in [0.2, 0.25) is 0 Å². The molecule has 0 N–H and O–H groups in total. The van der Waals surface area contributed by atoms with Crippen LogP contribution in [-0.4, -0.2) is 41.4 Å². The molecule has 0 bridgehead atoms. The number of carbonyl (C=O) groups excluding carboxylic acids is 1. The zero-order chi connectivity index (χ0) is 17.3. The number of benzene rings is 1. The van der Waals surface area contributed by atoms with Gasteiger partial charge in [0.25, 0.3) is 0 Å². The van der Waals surface area contributed by atoms with Gasteiger partial charge in [0.15, 0.2) is 0 Å². The smallest absolute Gasteiger partial charge is 0.228 e. The minimum atomic E-state index is 0.0491. The van der Waals surface area contributed by atoms with E-state index in [1.165, 1.54) is 0 Å². The van der Waals surface area contributed by atoms with Crippen LogP contribution in [0.3, 0.4) is 0 Å². The second-order valence-corrected chi connectivity index (χ2v) is 6.04. The zero-order valence-corrected chi connectivity index (χ0v) is 14.4. The average Bonchev–Trinajstić information content (AvgIpc) is 2.92. The molecule has 2 aromatic heterocycles. The Kier molecular flexibility index (Phi) is 4.25. The van der Waals surface area contributed by atoms with Crippen molar-refractivity contribution in [3.63, 3.8) is 0 Å². The van der Waals surface area contributed by atoms with Crippen molar-refractivity contribution < 1.29 is 9.53 Å². The summed E-state index contributed by atoms with van der Waals surface area (Å²) in [7, 11) is 5.18. The van der Waals surface area contributed by atoms with Crippen LogP contribution in [0.15, 0.2) is 42.6 Å². The fourth-order valence-electron chi connectivity index (χ4n) is 2.65. The minimum absolute atomic E-state index is 0.0491. The molecular weight excluding hydrogens is 302 g/mol. The van der Waals surface area contributed by atoms with Crippen LogP contribution >= 0.6 is 0 Å². The number of methoxy groups -OCH3 is 1. The standard InChI is InChI=1S/C19H21N3O2/c1-13-5-10-17-20-19(14-6-8-15(24-4)9-7-14)16(22(17)12-13)11-18(23)21(2)3/h5-10,12H,11H2,1-4H3. The highest BCUT2D eigenvalue weighted by Crippen LogP contribution is 2.27. The number of hydrogen-bond acceptors (Lipinski definition) is 3. The lowest BCUT2D eigenvalue weighted by Gasteiger charge is -2.11. The van der Waals surface area contributed by atoms with Crippen molar-refractivity contribution in [1.29, 1.82) is 0 Å². The van der Waals surface area contributed by atoms with Crippen molar-refractivity contribution in [1.82, 2.24) is 14.3 Å². The predicted molar refractivity (Wildman–Crippen MR) is 94.3 cm³/mol. The first-order chi connectivity index (χ1) is 11.5. The van der Waals surface area contributed by atoms with Crippen molar-refractivity contribution >= 4 is 11.6 Å². The number of amides is 1. The van der Waals surface area contributed by atoms with Gasteiger partial charge in [0.05, 0.1) is 24.9 Å². The summed E-state index contributed by atoms with van der Waals surface area (Å²) in [6.07, 6.45) is 2.33. The summed E-state index contributed by atoms with van der Waals surface area (Å²) in [6, 6.07) is 11.8. The van der Waals surface area contributed by atoms with Crippen molar-refractivity contribution in [2.24, 2.45) is 0 Å². The number of hydrogen-bond donors (Lipinski definition) is 0. The topological polar surface area (TPSA) is 46.8 Å². The van der Waals surface area contributed by atoms with Gasteiger partial charge < -0.3 is 14.0 Å². The predicted octanol–water partition coefficient (Wildman–Crippen LogP) is 2.95. The van der Waals surface area contributed by atoms with E-state index in [0.29, 0.717) is 6.42 Å². The summed E-state index contributed by atoms with van der Waals surface area (Å²) in [5, 5.41) is 0. The molecule has 3 rings (SSSR count). The van der Waals surface area contributed by atoms with Crippen LogP contribution in [-0.2, 0) is 11.2 Å². The maximum atomic E-state index is 12.3. The molecule has 2 heterocycles. The maximum absolute atomic E-state index is 12.3. The summed E-state index contributed by atoms with van der Waals surface area (Å²) < 4.78 is 7.23. The van der Waals surface area contributed by atoms with Crippen LogP contribution in [0, 0.1) is 6.92 Å². The Morgan fingerprint density at radius 3 is 2.50 bits per heavy atom. The number of ether oxygens (including phenoxy) is 1. The van der Waals surface area contributed by atoms with Crippen LogP contribution < -0.4 is 4.74 Å². The second kappa shape index (κ2) is 6.35. The molecule has 0 spiro atoms. The van der Waals surface area contributed by atoms with Gasteiger partial charge in [0.1, 0.15) is 11.4 Å². The first-order valence-corrected chi connectivity index (χ1v) is 7.81. The second-order valence-electron chi connectivity index (χ2n) is 6.04. The SMILES string of the molecule is COc1ccc(-c2nc3ccc(C)cn3c2CC(=O)N(C)C)cc1. The lowest BCUT2D eigenvalue weighted by atomic mass is 10.1. The van der Waals surface area contributed by atoms with Crippen molar-refractivity contribution in [3.05, 3.63) is 53.9 Å². The summed E-state index contributed by atoms with van der Waals surface area (Å²) in [4.78, 5) is 18.6. The molecule has 0 radical (unpaired) electrons. The largest absolute Gasteiger partial charge is 0.497 e. The van der Waals surface area contributed by atoms with Gasteiger partial charge in [-0.2, -0.15) is 0 Å². The van der Waals surface area contributed by atoms with Gasteiger partial charge in [-0.25, -0.2) is 4.98 Å². The van der Waals surface area contributed by atoms with Crippen LogP contribution in [0.4, 0.5) is 0 Å². The fourth-order valence-corrected chi connectivity index (χ4v) is 2.65. The Balaban J connectivity index is 2.16. The Hall–Kier alpha value is -2.82. The Morgan fingerprint density at radius 1 is 1.17 bits per heavy atom. The minimum Gasteiger partial charge on any atom is -0.497 e. The number of aryl methyl sites for hydroxylation is 1. The van der Waals surface area contributed by atoms with Crippen molar-refractivity contribution in [2.75, 3.05) is 21.2 Å². The van der Waals surface area contributed by atoms with E-state index in [-0.39, 0.29) is 5.91 Å². The number of aromatic nitrogens is 2. The Labute approximate surface area is 141 Å². The highest BCUT2D eigenvalue weighted by molar-refractivity contribution is 5.81. The van der Waals surface area contributed by atoms with E-state index in [9.17, 15) is 4.79 Å². The molecule has 5 nitrogen and oxygen atoms in total. The third-order valence-corrected chi connectivity index (χ3v) is 4.05. The molecule has 0 aliphatic heterocycles. The number of rotatable bonds is 4. The lowest BCUT2D eigenvalue weighted by molar-refractivity contribution is -0.128. The van der Waals surface area contributed by atoms with Crippen LogP contribution in [0.5, 0.6) is 5.75 Å². The van der Waals surface area contributed by atoms with E-state index in [1.807, 2.05) is 53.9 Å². The molecule has 1 aromatic carbocycles. The van der Waals surface area contributed by atoms with Crippen molar-refractivity contribution in [2.45, 2.75) is 13.3 Å². The van der Waals surface area contributed by atoms with E-state index in [2.05, 4.69) is 0 Å². The first kappa shape index (κ1) is 16.1. The van der Waals surface area contributed by atoms with Gasteiger partial charge in [-0.15, -0.1) is 0 Å². The summed E-state index contributed by atoms with van der Waals surface area (Å²) in [5.74, 6) is 0.845. The number of nitrogens with zero attached hydrogens (tertiary/aromatic N) is 3. The Morgan fingerprint density at radius 2 is 1.88 bits per heavy atom. The van der Waals surface area contributed by atoms with E-state index < -0.39 is 0 Å². The average molecular weight is 323 g/mol. The molecule has 0 atom stereocenters. The quantitative estimate of drug-likeness (QED) is 0.741. The van der Waals surface area contributed by atoms with Gasteiger partial charge in [0, 0.05) is 25.9 Å². The third-order valence-electron chi connectivity index (χ3n) is 4.05. The Bertz CT molecular complexity index is 880. The molecule has 0 saturated heterocycles. The number of imidazole rings is 1. The molecule has 3 aromatic rings. The molecule has 5 heteroatoms. The number of likely N-dealkylation sites (N-methyl/N-ethyl adjacent to an activating group) is 1. The van der Waals surface area contributed by atoms with Gasteiger partial charge in [0.2, 0.25) is 5.91 Å². The molecule has 0 saturated carbocycles. The van der Waals surface area contributed by atoms with Crippen LogP contribution in [0.1, 0.15) is 11.3 Å². The van der Waals surface area contributed by atoms with Gasteiger partial charge in [-0.05, 0) is 42.8 Å². The number of pyridine rings is 1. The highest BCUT2D eigenvalue weighted by Gasteiger charge is 2.18. The fraction of sp³-hybridized carbons (Fsp3) is 0.263. The molecule has 0 aliphatic carbocycles. The monoisotopic (exact) mass is 323 g/mol. The van der Waals surface area contributed by atoms with E-state index >= 15 is 0 Å². The summed E-state index contributed by atoms with van der Waals surface area (Å²) >= 11 is 0. The molecule has 124 valence electrons. The molecule has 24 heavy (non-hydrogen) atoms. The molecule has 0 aliphatic rings. The van der Waals surface area contributed by atoms with E-state index in [0.717, 1.165) is 33.9 Å². The van der Waals surface area contributed by atoms with E-state index in [4.69, 9.17) is 9.72 Å². The van der Waals surface area contributed by atoms with E-state index in [1.54, 1.807) is 26.1 Å². The zero-order valence-electron chi connectivity index (χ0n) is 14.4. The summed E-state index contributed by atoms with van der Waals surface area (Å²) in [6.45, 7) is 2.03. The van der Waals surface area contributed by atoms with Gasteiger partial charge in [-0.1, -0.05) is 6.07 Å².